The van der Waals surface area contributed by atoms with E-state index in [-0.39, 0.29) is 12.5 Å². The summed E-state index contributed by atoms with van der Waals surface area (Å²) in [6, 6.07) is 3.69. The molecule has 2 aromatic heterocycles. The maximum Gasteiger partial charge on any atom is 0.410 e. The molecule has 4 rings (SSSR count). The maximum absolute atomic E-state index is 14.8. The van der Waals surface area contributed by atoms with Crippen LogP contribution in [0.3, 0.4) is 0 Å². The summed E-state index contributed by atoms with van der Waals surface area (Å²) in [4.78, 5) is 28.8. The lowest BCUT2D eigenvalue weighted by Gasteiger charge is -2.29. The lowest BCUT2D eigenvalue weighted by atomic mass is 9.99. The molecule has 0 bridgehead atoms. The standard InChI is InChI=1S/C28H33F2N4O6Si/c1-28(2,3)40-27(35)32-10-7-18(8-11-32)20-16-33(17-38-12-13-41(4)5)26-24(20)23(6-9-31-26)39-25-21(29)14-19(34(36)37)15-22(25)30/h6-7,9,14-16H,8,10-13,17H2,1-5H3. The van der Waals surface area contributed by atoms with E-state index in [4.69, 9.17) is 14.2 Å². The van der Waals surface area contributed by atoms with Gasteiger partial charge in [0.1, 0.15) is 23.7 Å². The number of nitrogens with zero attached hydrogens (tertiary/aromatic N) is 4. The number of benzene rings is 1. The fourth-order valence-electron chi connectivity index (χ4n) is 4.32. The molecule has 0 saturated heterocycles. The van der Waals surface area contributed by atoms with Crippen molar-refractivity contribution in [3.63, 3.8) is 0 Å². The Morgan fingerprint density at radius 3 is 2.51 bits per heavy atom. The van der Waals surface area contributed by atoms with Crippen molar-refractivity contribution in [2.75, 3.05) is 19.7 Å². The molecule has 1 radical (unpaired) electrons. The van der Waals surface area contributed by atoms with E-state index in [1.165, 1.54) is 12.3 Å². The number of hydrogen-bond acceptors (Lipinski definition) is 7. The third kappa shape index (κ3) is 7.27. The predicted octanol–water partition coefficient (Wildman–Crippen LogP) is 6.77. The van der Waals surface area contributed by atoms with E-state index < -0.39 is 48.5 Å². The summed E-state index contributed by atoms with van der Waals surface area (Å²) in [6.45, 7) is 11.3. The van der Waals surface area contributed by atoms with Gasteiger partial charge in [-0.25, -0.2) is 18.6 Å². The number of non-ortho nitro benzene ring substituents is 1. The smallest absolute Gasteiger partial charge is 0.410 e. The van der Waals surface area contributed by atoms with Gasteiger partial charge >= 0.3 is 6.09 Å². The molecule has 0 unspecified atom stereocenters. The number of amides is 1. The van der Waals surface area contributed by atoms with E-state index in [0.29, 0.717) is 54.8 Å². The molecular weight excluding hydrogens is 554 g/mol. The van der Waals surface area contributed by atoms with Crippen LogP contribution in [-0.4, -0.2) is 59.6 Å². The minimum atomic E-state index is -1.20. The van der Waals surface area contributed by atoms with E-state index in [0.717, 1.165) is 11.6 Å². The summed E-state index contributed by atoms with van der Waals surface area (Å²) in [5.74, 6) is -3.04. The first-order chi connectivity index (χ1) is 19.3. The molecule has 41 heavy (non-hydrogen) atoms. The Morgan fingerprint density at radius 1 is 1.22 bits per heavy atom. The Kier molecular flexibility index (Phi) is 9.07. The van der Waals surface area contributed by atoms with Crippen LogP contribution in [0.2, 0.25) is 19.1 Å². The van der Waals surface area contributed by atoms with E-state index >= 15 is 0 Å². The summed E-state index contributed by atoms with van der Waals surface area (Å²) in [6.07, 6.45) is 5.29. The molecule has 0 saturated carbocycles. The largest absolute Gasteiger partial charge is 0.450 e. The zero-order chi connectivity index (χ0) is 29.9. The van der Waals surface area contributed by atoms with E-state index in [1.54, 1.807) is 30.2 Å². The van der Waals surface area contributed by atoms with Gasteiger partial charge in [0, 0.05) is 46.5 Å². The van der Waals surface area contributed by atoms with Crippen molar-refractivity contribution in [3.8, 4) is 11.5 Å². The highest BCUT2D eigenvalue weighted by Gasteiger charge is 2.27. The highest BCUT2D eigenvalue weighted by Crippen LogP contribution is 2.39. The Hall–Kier alpha value is -3.84. The fourth-order valence-corrected chi connectivity index (χ4v) is 4.87. The van der Waals surface area contributed by atoms with Gasteiger partial charge in [0.05, 0.1) is 22.4 Å². The number of carbonyl (C=O) groups excluding carboxylic acids is 1. The van der Waals surface area contributed by atoms with Gasteiger partial charge in [-0.1, -0.05) is 19.2 Å². The molecule has 219 valence electrons. The molecular formula is C28H33F2N4O6Si. The van der Waals surface area contributed by atoms with Crippen LogP contribution < -0.4 is 4.74 Å². The fraction of sp³-hybridized carbons (Fsp3) is 0.429. The molecule has 1 aliphatic heterocycles. The number of carbonyl (C=O) groups is 1. The number of fused-ring (bicyclic) bond motifs is 1. The van der Waals surface area contributed by atoms with Crippen LogP contribution in [0.1, 0.15) is 32.8 Å². The molecule has 10 nitrogen and oxygen atoms in total. The lowest BCUT2D eigenvalue weighted by molar-refractivity contribution is -0.385. The summed E-state index contributed by atoms with van der Waals surface area (Å²) in [7, 11) is -0.458. The van der Waals surface area contributed by atoms with Crippen molar-refractivity contribution < 1.29 is 32.7 Å². The van der Waals surface area contributed by atoms with Gasteiger partial charge in [-0.15, -0.1) is 0 Å². The molecule has 13 heteroatoms. The second-order valence-corrected chi connectivity index (χ2v) is 13.9. The molecule has 1 amide bonds. The monoisotopic (exact) mass is 587 g/mol. The molecule has 0 spiro atoms. The van der Waals surface area contributed by atoms with Crippen LogP contribution in [0.4, 0.5) is 19.3 Å². The third-order valence-electron chi connectivity index (χ3n) is 6.31. The van der Waals surface area contributed by atoms with Crippen LogP contribution >= 0.6 is 0 Å². The van der Waals surface area contributed by atoms with Crippen LogP contribution in [0, 0.1) is 21.7 Å². The topological polar surface area (TPSA) is 109 Å². The predicted molar refractivity (Wildman–Crippen MR) is 151 cm³/mol. The van der Waals surface area contributed by atoms with Crippen molar-refractivity contribution in [1.82, 2.24) is 14.5 Å². The normalized spacial score (nSPS) is 14.0. The second-order valence-electron chi connectivity index (χ2n) is 11.0. The zero-order valence-corrected chi connectivity index (χ0v) is 24.7. The van der Waals surface area contributed by atoms with Crippen LogP contribution in [0.25, 0.3) is 16.6 Å². The van der Waals surface area contributed by atoms with Gasteiger partial charge < -0.3 is 23.7 Å². The average molecular weight is 588 g/mol. The SMILES string of the molecule is C[Si](C)CCOCn1cc(C2=CCN(C(=O)OC(C)(C)C)CC2)c2c(Oc3c(F)cc([N+](=O)[O-])cc3F)ccnc21. The lowest BCUT2D eigenvalue weighted by Crippen LogP contribution is -2.39. The first-order valence-electron chi connectivity index (χ1n) is 13.2. The molecule has 1 aromatic carbocycles. The number of halogens is 2. The molecule has 0 fully saturated rings. The van der Waals surface area contributed by atoms with Gasteiger partial charge in [-0.05, 0) is 44.9 Å². The Bertz CT molecular complexity index is 1460. The molecule has 0 atom stereocenters. The van der Waals surface area contributed by atoms with Gasteiger partial charge in [0.15, 0.2) is 17.4 Å². The Morgan fingerprint density at radius 2 is 1.93 bits per heavy atom. The first-order valence-corrected chi connectivity index (χ1v) is 15.9. The number of nitro groups is 1. The molecule has 3 aromatic rings. The third-order valence-corrected chi connectivity index (χ3v) is 7.51. The molecule has 3 heterocycles. The van der Waals surface area contributed by atoms with E-state index in [9.17, 15) is 23.7 Å². The van der Waals surface area contributed by atoms with Crippen molar-refractivity contribution >= 4 is 37.2 Å². The van der Waals surface area contributed by atoms with E-state index in [2.05, 4.69) is 18.1 Å². The van der Waals surface area contributed by atoms with Gasteiger partial charge in [-0.3, -0.25) is 10.1 Å². The highest BCUT2D eigenvalue weighted by atomic mass is 28.3. The van der Waals surface area contributed by atoms with Crippen LogP contribution in [0.5, 0.6) is 11.5 Å². The van der Waals surface area contributed by atoms with Crippen LogP contribution in [0.15, 0.2) is 36.7 Å². The van der Waals surface area contributed by atoms with Crippen molar-refractivity contribution in [3.05, 3.63) is 64.0 Å². The first kappa shape index (κ1) is 30.1. The second kappa shape index (κ2) is 12.3. The average Bonchev–Trinajstić information content (AvgIpc) is 3.27. The summed E-state index contributed by atoms with van der Waals surface area (Å²) in [5, 5.41) is 11.5. The number of aromatic nitrogens is 2. The van der Waals surface area contributed by atoms with Gasteiger partial charge in [0.25, 0.3) is 5.69 Å². The molecule has 0 N–H and O–H groups in total. The number of nitro benzene ring substituents is 1. The minimum Gasteiger partial charge on any atom is -0.450 e. The summed E-state index contributed by atoms with van der Waals surface area (Å²) in [5.41, 5.74) is 0.750. The number of rotatable bonds is 9. The molecule has 1 aliphatic rings. The number of hydrogen-bond donors (Lipinski definition) is 0. The van der Waals surface area contributed by atoms with Gasteiger partial charge in [-0.2, -0.15) is 0 Å². The Labute approximate surface area is 238 Å². The van der Waals surface area contributed by atoms with Crippen LogP contribution in [-0.2, 0) is 16.2 Å². The zero-order valence-electron chi connectivity index (χ0n) is 23.7. The van der Waals surface area contributed by atoms with E-state index in [1.807, 2.05) is 12.3 Å². The van der Waals surface area contributed by atoms with Gasteiger partial charge in [0.2, 0.25) is 0 Å². The molecule has 0 aliphatic carbocycles. The van der Waals surface area contributed by atoms with Crippen molar-refractivity contribution in [2.24, 2.45) is 0 Å². The Balaban J connectivity index is 1.72. The highest BCUT2D eigenvalue weighted by molar-refractivity contribution is 6.55. The number of ether oxygens (including phenoxy) is 3. The van der Waals surface area contributed by atoms with Crippen molar-refractivity contribution in [1.29, 1.82) is 0 Å². The quantitative estimate of drug-likeness (QED) is 0.118. The minimum absolute atomic E-state index is 0.124. The maximum atomic E-state index is 14.8. The van der Waals surface area contributed by atoms with Crippen molar-refractivity contribution in [2.45, 2.75) is 58.7 Å². The summed E-state index contributed by atoms with van der Waals surface area (Å²) < 4.78 is 48.4. The summed E-state index contributed by atoms with van der Waals surface area (Å²) >= 11 is 0. The number of pyridine rings is 1.